The molecule has 0 bridgehead atoms. The minimum absolute atomic E-state index is 0. The summed E-state index contributed by atoms with van der Waals surface area (Å²) in [6.07, 6.45) is 3.38. The third-order valence-corrected chi connectivity index (χ3v) is 4.18. The van der Waals surface area contributed by atoms with Crippen LogP contribution in [0.1, 0.15) is 46.4 Å². The highest BCUT2D eigenvalue weighted by atomic mass is 79.9. The van der Waals surface area contributed by atoms with Crippen molar-refractivity contribution in [2.45, 2.75) is 58.7 Å². The Morgan fingerprint density at radius 3 is 2.54 bits per heavy atom. The van der Waals surface area contributed by atoms with Crippen molar-refractivity contribution >= 4 is 18.1 Å². The van der Waals surface area contributed by atoms with Gasteiger partial charge in [-0.15, -0.1) is 4.57 Å². The lowest BCUT2D eigenvalue weighted by Crippen LogP contribution is -3.00. The normalized spacial score (nSPS) is 16.3. The van der Waals surface area contributed by atoms with Crippen LogP contribution in [-0.4, -0.2) is 59.4 Å². The van der Waals surface area contributed by atoms with Gasteiger partial charge in [0, 0.05) is 19.5 Å². The van der Waals surface area contributed by atoms with Crippen molar-refractivity contribution in [2.75, 3.05) is 20.2 Å². The number of halogens is 1. The van der Waals surface area contributed by atoms with E-state index in [9.17, 15) is 14.4 Å². The van der Waals surface area contributed by atoms with Gasteiger partial charge in [0.1, 0.15) is 17.8 Å². The van der Waals surface area contributed by atoms with Gasteiger partial charge >= 0.3 is 18.1 Å². The maximum absolute atomic E-state index is 12.9. The highest BCUT2D eigenvalue weighted by Gasteiger charge is 2.42. The van der Waals surface area contributed by atoms with Crippen LogP contribution >= 0.6 is 0 Å². The number of hydrogen-bond acceptors (Lipinski definition) is 5. The summed E-state index contributed by atoms with van der Waals surface area (Å²) in [5.74, 6) is -0.482. The molecule has 0 aliphatic carbocycles. The van der Waals surface area contributed by atoms with E-state index in [1.807, 2.05) is 24.6 Å². The molecule has 1 aromatic rings. The number of aromatic nitrogens is 2. The average molecular weight is 461 g/mol. The Balaban J connectivity index is 0.00000392. The lowest BCUT2D eigenvalue weighted by Gasteiger charge is -2.31. The molecule has 158 valence electrons. The molecule has 1 aromatic heterocycles. The quantitative estimate of drug-likeness (QED) is 0.415. The smallest absolute Gasteiger partial charge is 0.416 e. The number of rotatable bonds is 5. The summed E-state index contributed by atoms with van der Waals surface area (Å²) in [4.78, 5) is 38.3. The molecular weight excluding hydrogens is 432 g/mol. The zero-order valence-electron chi connectivity index (χ0n) is 17.2. The molecule has 0 saturated carbocycles. The van der Waals surface area contributed by atoms with E-state index in [2.05, 4.69) is 5.32 Å². The Morgan fingerprint density at radius 2 is 2.00 bits per heavy atom. The van der Waals surface area contributed by atoms with Gasteiger partial charge in [0.15, 0.2) is 5.69 Å². The van der Waals surface area contributed by atoms with Gasteiger partial charge < -0.3 is 31.8 Å². The van der Waals surface area contributed by atoms with Crippen molar-refractivity contribution in [2.24, 2.45) is 0 Å². The van der Waals surface area contributed by atoms with E-state index in [1.54, 1.807) is 27.1 Å². The number of fused-ring (bicyclic) bond motifs is 1. The predicted molar refractivity (Wildman–Crippen MR) is 96.3 cm³/mol. The first-order valence-electron chi connectivity index (χ1n) is 9.01. The zero-order chi connectivity index (χ0) is 20.4. The summed E-state index contributed by atoms with van der Waals surface area (Å²) in [7, 11) is 1.30. The molecule has 0 unspecified atom stereocenters. The molecule has 1 aliphatic rings. The highest BCUT2D eigenvalue weighted by Crippen LogP contribution is 2.19. The number of alkyl carbamates (subject to hydrolysis) is 1. The third kappa shape index (κ3) is 5.70. The van der Waals surface area contributed by atoms with E-state index in [4.69, 9.17) is 9.47 Å². The molecule has 0 saturated heterocycles. The van der Waals surface area contributed by atoms with Crippen LogP contribution in [-0.2, 0) is 20.7 Å². The Bertz CT molecular complexity index is 726. The van der Waals surface area contributed by atoms with Gasteiger partial charge in [-0.25, -0.2) is 19.0 Å². The summed E-state index contributed by atoms with van der Waals surface area (Å²) in [6.45, 7) is 9.66. The van der Waals surface area contributed by atoms with Gasteiger partial charge in [0.05, 0.1) is 13.2 Å². The van der Waals surface area contributed by atoms with Crippen LogP contribution < -0.4 is 26.9 Å². The molecule has 2 rings (SSSR count). The van der Waals surface area contributed by atoms with Gasteiger partial charge in [-0.1, -0.05) is 0 Å². The largest absolute Gasteiger partial charge is 1.00 e. The topological polar surface area (TPSA) is 93.8 Å². The van der Waals surface area contributed by atoms with Crippen molar-refractivity contribution in [3.05, 3.63) is 18.2 Å². The Kier molecular flexibility index (Phi) is 8.04. The molecule has 2 heterocycles. The fourth-order valence-corrected chi connectivity index (χ4v) is 2.85. The molecule has 10 heteroatoms. The van der Waals surface area contributed by atoms with E-state index in [1.165, 1.54) is 16.6 Å². The summed E-state index contributed by atoms with van der Waals surface area (Å²) in [5.41, 5.74) is 0.143. The van der Waals surface area contributed by atoms with Crippen LogP contribution in [0, 0.1) is 0 Å². The number of carbonyl (C=O) groups excluding carboxylic acids is 3. The second-order valence-corrected chi connectivity index (χ2v) is 7.79. The number of carbonyl (C=O) groups is 3. The van der Waals surface area contributed by atoms with E-state index in [-0.39, 0.29) is 42.1 Å². The summed E-state index contributed by atoms with van der Waals surface area (Å²) in [6, 6.07) is -0.863. The zero-order valence-corrected chi connectivity index (χ0v) is 18.8. The maximum Gasteiger partial charge on any atom is 0.416 e. The van der Waals surface area contributed by atoms with Crippen molar-refractivity contribution in [3.8, 4) is 0 Å². The fourth-order valence-electron chi connectivity index (χ4n) is 2.85. The third-order valence-electron chi connectivity index (χ3n) is 4.18. The first kappa shape index (κ1) is 23.9. The first-order chi connectivity index (χ1) is 12.5. The van der Waals surface area contributed by atoms with Crippen LogP contribution in [0.2, 0.25) is 0 Å². The summed E-state index contributed by atoms with van der Waals surface area (Å²) < 4.78 is 13.5. The molecule has 28 heavy (non-hydrogen) atoms. The molecule has 9 nitrogen and oxygen atoms in total. The minimum Gasteiger partial charge on any atom is -1.00 e. The van der Waals surface area contributed by atoms with Gasteiger partial charge in [0.25, 0.3) is 6.33 Å². The maximum atomic E-state index is 12.9. The average Bonchev–Trinajstić information content (AvgIpc) is 2.99. The molecule has 1 aliphatic heterocycles. The number of esters is 1. The van der Waals surface area contributed by atoms with Crippen LogP contribution in [0.3, 0.4) is 0 Å². The van der Waals surface area contributed by atoms with Crippen molar-refractivity contribution < 1.29 is 45.4 Å². The van der Waals surface area contributed by atoms with Crippen molar-refractivity contribution in [1.29, 1.82) is 0 Å². The lowest BCUT2D eigenvalue weighted by molar-refractivity contribution is -0.715. The molecule has 2 amide bonds. The van der Waals surface area contributed by atoms with Gasteiger partial charge in [-0.2, -0.15) is 0 Å². The number of amides is 2. The van der Waals surface area contributed by atoms with Crippen LogP contribution in [0.15, 0.2) is 12.5 Å². The number of nitrogens with zero attached hydrogens (tertiary/aromatic N) is 3. The number of nitrogens with one attached hydrogen (secondary N) is 1. The van der Waals surface area contributed by atoms with E-state index < -0.39 is 23.7 Å². The molecule has 0 aromatic carbocycles. The highest BCUT2D eigenvalue weighted by molar-refractivity contribution is 5.87. The van der Waals surface area contributed by atoms with E-state index in [0.717, 1.165) is 5.69 Å². The number of imidazole rings is 1. The summed E-state index contributed by atoms with van der Waals surface area (Å²) >= 11 is 0. The summed E-state index contributed by atoms with van der Waals surface area (Å²) in [5, 5.41) is 2.61. The number of methoxy groups -OCH3 is 1. The standard InChI is InChI=1S/C18H28N4O5.BrH/c1-12(2)20-10-13-9-14(15(23)26-6)21(17(25)22(13)11-20)8-7-19-16(24)27-18(3,4)5;/h10-12,14H,7-9H2,1-6H3;1H/t14-;/m0./s1. The van der Waals surface area contributed by atoms with Crippen LogP contribution in [0.5, 0.6) is 0 Å². The second kappa shape index (κ2) is 9.40. The van der Waals surface area contributed by atoms with Crippen molar-refractivity contribution in [3.63, 3.8) is 0 Å². The predicted octanol–water partition coefficient (Wildman–Crippen LogP) is -1.75. The monoisotopic (exact) mass is 460 g/mol. The molecule has 0 radical (unpaired) electrons. The minimum atomic E-state index is -0.731. The van der Waals surface area contributed by atoms with Crippen LogP contribution in [0.25, 0.3) is 0 Å². The van der Waals surface area contributed by atoms with Crippen molar-refractivity contribution in [1.82, 2.24) is 14.8 Å². The molecule has 0 fully saturated rings. The molecule has 1 atom stereocenters. The first-order valence-corrected chi connectivity index (χ1v) is 9.01. The fraction of sp³-hybridized carbons (Fsp3) is 0.667. The SMILES string of the molecule is COC(=O)[C@@H]1Cc2c[n+](C(C)C)cn2C(=O)N1CCNC(=O)OC(C)(C)C.[Br-]. The molecule has 0 spiro atoms. The van der Waals surface area contributed by atoms with Gasteiger partial charge in [-0.05, 0) is 34.6 Å². The second-order valence-electron chi connectivity index (χ2n) is 7.79. The van der Waals surface area contributed by atoms with E-state index >= 15 is 0 Å². The lowest BCUT2D eigenvalue weighted by atomic mass is 10.1. The van der Waals surface area contributed by atoms with Gasteiger partial charge in [-0.3, -0.25) is 4.90 Å². The number of ether oxygens (including phenoxy) is 2. The number of hydrogen-bond donors (Lipinski definition) is 1. The Hall–Kier alpha value is -2.10. The van der Waals surface area contributed by atoms with Gasteiger partial charge in [0.2, 0.25) is 0 Å². The Labute approximate surface area is 175 Å². The van der Waals surface area contributed by atoms with Crippen LogP contribution in [0.4, 0.5) is 9.59 Å². The Morgan fingerprint density at radius 1 is 1.36 bits per heavy atom. The molecular formula is C18H29BrN4O5. The molecule has 1 N–H and O–H groups in total. The van der Waals surface area contributed by atoms with E-state index in [0.29, 0.717) is 6.42 Å².